The van der Waals surface area contributed by atoms with E-state index in [0.717, 1.165) is 17.7 Å². The van der Waals surface area contributed by atoms with Crippen molar-refractivity contribution >= 4 is 6.08 Å². The van der Waals surface area contributed by atoms with E-state index in [-0.39, 0.29) is 6.61 Å². The lowest BCUT2D eigenvalue weighted by Gasteiger charge is -2.11. The van der Waals surface area contributed by atoms with E-state index >= 15 is 0 Å². The van der Waals surface area contributed by atoms with E-state index in [9.17, 15) is 4.39 Å². The lowest BCUT2D eigenvalue weighted by Crippen LogP contribution is -2.11. The van der Waals surface area contributed by atoms with E-state index in [1.165, 1.54) is 5.70 Å². The van der Waals surface area contributed by atoms with Gasteiger partial charge in [0.15, 0.2) is 0 Å². The molecule has 0 heterocycles. The van der Waals surface area contributed by atoms with Crippen molar-refractivity contribution in [3.05, 3.63) is 84.1 Å². The first-order chi connectivity index (χ1) is 14.8. The predicted octanol–water partition coefficient (Wildman–Crippen LogP) is 4.87. The number of benzene rings is 1. The molecule has 162 valence electrons. The van der Waals surface area contributed by atoms with Gasteiger partial charge in [-0.2, -0.15) is 0 Å². The third-order valence-electron chi connectivity index (χ3n) is 4.37. The molecule has 1 aliphatic carbocycles. The Labute approximate surface area is 179 Å². The lowest BCUT2D eigenvalue weighted by molar-refractivity contribution is 0.0325. The molecule has 0 spiro atoms. The molecule has 1 aromatic rings. The summed E-state index contributed by atoms with van der Waals surface area (Å²) in [4.78, 5) is 0. The maximum Gasteiger partial charge on any atom is 0.119 e. The van der Waals surface area contributed by atoms with Gasteiger partial charge in [-0.3, -0.25) is 0 Å². The minimum Gasteiger partial charge on any atom is -0.491 e. The molecule has 2 rings (SSSR count). The van der Waals surface area contributed by atoms with E-state index in [1.54, 1.807) is 0 Å². The normalized spacial score (nSPS) is 16.6. The molecule has 1 atom stereocenters. The summed E-state index contributed by atoms with van der Waals surface area (Å²) in [6, 6.07) is 7.91. The molecule has 1 aliphatic rings. The van der Waals surface area contributed by atoms with E-state index in [4.69, 9.17) is 14.2 Å². The van der Waals surface area contributed by atoms with Crippen molar-refractivity contribution in [1.82, 2.24) is 5.32 Å². The van der Waals surface area contributed by atoms with Crippen LogP contribution < -0.4 is 10.1 Å². The van der Waals surface area contributed by atoms with Gasteiger partial charge in [-0.25, -0.2) is 4.39 Å². The van der Waals surface area contributed by atoms with Crippen molar-refractivity contribution in [2.24, 2.45) is 5.92 Å². The van der Waals surface area contributed by atoms with Gasteiger partial charge in [0.1, 0.15) is 19.0 Å². The maximum atomic E-state index is 11.8. The van der Waals surface area contributed by atoms with Crippen molar-refractivity contribution in [3.8, 4) is 5.75 Å². The summed E-state index contributed by atoms with van der Waals surface area (Å²) in [5, 5.41) is 3.15. The first-order valence-electron chi connectivity index (χ1n) is 10.3. The Kier molecular flexibility index (Phi) is 12.0. The van der Waals surface area contributed by atoms with E-state index in [2.05, 4.69) is 41.8 Å². The Morgan fingerprint density at radius 2 is 1.70 bits per heavy atom. The highest BCUT2D eigenvalue weighted by atomic mass is 19.1. The zero-order valence-electron chi connectivity index (χ0n) is 17.6. The molecule has 4 nitrogen and oxygen atoms in total. The van der Waals surface area contributed by atoms with Crippen LogP contribution in [0, 0.1) is 5.92 Å². The third kappa shape index (κ3) is 10.2. The van der Waals surface area contributed by atoms with Crippen LogP contribution in [0.1, 0.15) is 12.0 Å². The van der Waals surface area contributed by atoms with Gasteiger partial charge in [-0.1, -0.05) is 60.7 Å². The average Bonchev–Trinajstić information content (AvgIpc) is 2.79. The van der Waals surface area contributed by atoms with Gasteiger partial charge in [-0.15, -0.1) is 0 Å². The van der Waals surface area contributed by atoms with Crippen LogP contribution in [0.15, 0.2) is 78.6 Å². The van der Waals surface area contributed by atoms with Crippen LogP contribution in [0.25, 0.3) is 6.08 Å². The highest BCUT2D eigenvalue weighted by Gasteiger charge is 2.03. The Bertz CT molecular complexity index is 735. The quantitative estimate of drug-likeness (QED) is 0.349. The molecule has 0 aliphatic heterocycles. The van der Waals surface area contributed by atoms with Crippen LogP contribution in [0.4, 0.5) is 4.39 Å². The van der Waals surface area contributed by atoms with Crippen LogP contribution in [0.3, 0.4) is 0 Å². The molecule has 0 saturated heterocycles. The fraction of sp³-hybridized carbons (Fsp3) is 0.360. The molecule has 1 unspecified atom stereocenters. The molecule has 0 bridgehead atoms. The van der Waals surface area contributed by atoms with Gasteiger partial charge in [0.05, 0.1) is 26.4 Å². The van der Waals surface area contributed by atoms with E-state index in [0.29, 0.717) is 32.3 Å². The Balaban J connectivity index is 1.60. The second kappa shape index (κ2) is 15.2. The minimum atomic E-state index is -0.462. The highest BCUT2D eigenvalue weighted by molar-refractivity contribution is 5.52. The largest absolute Gasteiger partial charge is 0.491 e. The van der Waals surface area contributed by atoms with Crippen LogP contribution in [0.5, 0.6) is 5.75 Å². The Hall–Kier alpha value is -2.63. The van der Waals surface area contributed by atoms with Crippen molar-refractivity contribution in [3.63, 3.8) is 0 Å². The summed E-state index contributed by atoms with van der Waals surface area (Å²) in [6.45, 7) is 1.46. The molecule has 0 aromatic heterocycles. The van der Waals surface area contributed by atoms with Gasteiger partial charge in [0, 0.05) is 12.7 Å². The fourth-order valence-corrected chi connectivity index (χ4v) is 2.74. The number of halogens is 1. The zero-order chi connectivity index (χ0) is 21.3. The second-order valence-corrected chi connectivity index (χ2v) is 6.63. The molecule has 5 heteroatoms. The molecule has 0 amide bonds. The number of hydrogen-bond donors (Lipinski definition) is 1. The fourth-order valence-electron chi connectivity index (χ4n) is 2.74. The van der Waals surface area contributed by atoms with Gasteiger partial charge in [0.25, 0.3) is 0 Å². The van der Waals surface area contributed by atoms with Gasteiger partial charge in [0.2, 0.25) is 0 Å². The lowest BCUT2D eigenvalue weighted by atomic mass is 9.99. The minimum absolute atomic E-state index is 0.126. The number of alkyl halides is 1. The summed E-state index contributed by atoms with van der Waals surface area (Å²) < 4.78 is 27.8. The van der Waals surface area contributed by atoms with Gasteiger partial charge < -0.3 is 19.5 Å². The summed E-state index contributed by atoms with van der Waals surface area (Å²) >= 11 is 0. The predicted molar refractivity (Wildman–Crippen MR) is 121 cm³/mol. The molecule has 0 saturated carbocycles. The topological polar surface area (TPSA) is 39.7 Å². The molecule has 0 radical (unpaired) electrons. The summed E-state index contributed by atoms with van der Waals surface area (Å²) in [6.07, 6.45) is 20.0. The smallest absolute Gasteiger partial charge is 0.119 e. The number of nitrogens with one attached hydrogen (secondary N) is 1. The molecule has 0 fully saturated rings. The average molecular weight is 414 g/mol. The molecular formula is C25H32FNO3. The monoisotopic (exact) mass is 413 g/mol. The van der Waals surface area contributed by atoms with Gasteiger partial charge in [-0.05, 0) is 36.1 Å². The number of hydrogen-bond acceptors (Lipinski definition) is 4. The molecule has 1 aromatic carbocycles. The zero-order valence-corrected chi connectivity index (χ0v) is 17.6. The van der Waals surface area contributed by atoms with Crippen molar-refractivity contribution < 1.29 is 18.6 Å². The molecular weight excluding hydrogens is 381 g/mol. The molecule has 30 heavy (non-hydrogen) atoms. The Morgan fingerprint density at radius 3 is 2.40 bits per heavy atom. The third-order valence-corrected chi connectivity index (χ3v) is 4.37. The van der Waals surface area contributed by atoms with Crippen molar-refractivity contribution in [2.75, 3.05) is 46.8 Å². The number of likely N-dealkylation sites (N-methyl/N-ethyl adjacent to an activating group) is 1. The number of allylic oxidation sites excluding steroid dienone is 8. The van der Waals surface area contributed by atoms with Crippen LogP contribution >= 0.6 is 0 Å². The van der Waals surface area contributed by atoms with E-state index in [1.807, 2.05) is 49.5 Å². The SMILES string of the molecule is CNC1=CCC(/C=C/C=C/C=C/c2ccc(OCCOCCOCCF)cc2)C=C1. The first kappa shape index (κ1) is 23.6. The number of ether oxygens (including phenoxy) is 3. The summed E-state index contributed by atoms with van der Waals surface area (Å²) in [5.74, 6) is 1.27. The van der Waals surface area contributed by atoms with Crippen LogP contribution in [0.2, 0.25) is 0 Å². The van der Waals surface area contributed by atoms with Crippen LogP contribution in [-0.2, 0) is 9.47 Å². The van der Waals surface area contributed by atoms with Gasteiger partial charge >= 0.3 is 0 Å². The van der Waals surface area contributed by atoms with Crippen molar-refractivity contribution in [2.45, 2.75) is 6.42 Å². The summed E-state index contributed by atoms with van der Waals surface area (Å²) in [5.41, 5.74) is 2.29. The summed E-state index contributed by atoms with van der Waals surface area (Å²) in [7, 11) is 1.94. The Morgan fingerprint density at radius 1 is 0.967 bits per heavy atom. The highest BCUT2D eigenvalue weighted by Crippen LogP contribution is 2.16. The maximum absolute atomic E-state index is 11.8. The molecule has 1 N–H and O–H groups in total. The van der Waals surface area contributed by atoms with Crippen LogP contribution in [-0.4, -0.2) is 46.8 Å². The first-order valence-corrected chi connectivity index (χ1v) is 10.3. The van der Waals surface area contributed by atoms with Crippen molar-refractivity contribution in [1.29, 1.82) is 0 Å². The standard InChI is InChI=1S/C25H32FNO3/c1-27-24-12-8-22(9-13-24)6-4-2-3-5-7-23-10-14-25(15-11-23)30-21-20-29-19-18-28-17-16-26/h2-8,10-15,22,27H,9,16-21H2,1H3/b3-2+,6-4+,7-5+. The number of rotatable bonds is 14. The van der Waals surface area contributed by atoms with E-state index < -0.39 is 6.67 Å². The second-order valence-electron chi connectivity index (χ2n) is 6.63.